The highest BCUT2D eigenvalue weighted by Gasteiger charge is 2.39. The molecule has 0 aliphatic heterocycles. The van der Waals surface area contributed by atoms with Gasteiger partial charge >= 0.3 is 0 Å². The molecule has 1 N–H and O–H groups in total. The van der Waals surface area contributed by atoms with Crippen molar-refractivity contribution in [2.45, 2.75) is 36.1 Å². The summed E-state index contributed by atoms with van der Waals surface area (Å²) in [7, 11) is -3.50. The fourth-order valence-corrected chi connectivity index (χ4v) is 4.57. The van der Waals surface area contributed by atoms with Crippen molar-refractivity contribution in [3.63, 3.8) is 0 Å². The van der Waals surface area contributed by atoms with Crippen LogP contribution in [0.1, 0.15) is 31.2 Å². The number of hydrogen-bond donors (Lipinski definition) is 1. The predicted molar refractivity (Wildman–Crippen MR) is 83.4 cm³/mol. The lowest BCUT2D eigenvalue weighted by atomic mass is 9.89. The van der Waals surface area contributed by atoms with E-state index in [9.17, 15) is 8.42 Å². The Hall–Kier alpha value is -1.65. The Balaban J connectivity index is 1.97. The van der Waals surface area contributed by atoms with Crippen LogP contribution >= 0.6 is 0 Å². The van der Waals surface area contributed by atoms with E-state index in [0.29, 0.717) is 4.90 Å². The van der Waals surface area contributed by atoms with Crippen LogP contribution in [-0.4, -0.2) is 8.42 Å². The van der Waals surface area contributed by atoms with Gasteiger partial charge < -0.3 is 0 Å². The van der Waals surface area contributed by atoms with E-state index in [4.69, 9.17) is 0 Å². The molecule has 1 saturated carbocycles. The third-order valence-electron chi connectivity index (χ3n) is 4.17. The first kappa shape index (κ1) is 14.3. The minimum Gasteiger partial charge on any atom is -0.207 e. The van der Waals surface area contributed by atoms with Gasteiger partial charge in [0.05, 0.1) is 10.4 Å². The molecule has 0 atom stereocenters. The van der Waals surface area contributed by atoms with Crippen molar-refractivity contribution in [1.29, 1.82) is 0 Å². The molecule has 0 saturated heterocycles. The van der Waals surface area contributed by atoms with Gasteiger partial charge in [0.25, 0.3) is 0 Å². The largest absolute Gasteiger partial charge is 0.241 e. The molecule has 2 aromatic rings. The Kier molecular flexibility index (Phi) is 3.83. The van der Waals surface area contributed by atoms with Crippen LogP contribution in [0.25, 0.3) is 0 Å². The number of sulfonamides is 1. The molecule has 1 fully saturated rings. The second-order valence-electron chi connectivity index (χ2n) is 5.57. The van der Waals surface area contributed by atoms with Crippen LogP contribution in [0.2, 0.25) is 0 Å². The van der Waals surface area contributed by atoms with Crippen LogP contribution in [0.3, 0.4) is 0 Å². The Bertz CT molecular complexity index is 690. The minimum absolute atomic E-state index is 0.326. The summed E-state index contributed by atoms with van der Waals surface area (Å²) < 4.78 is 28.3. The summed E-state index contributed by atoms with van der Waals surface area (Å²) in [5.41, 5.74) is 0.595. The van der Waals surface area contributed by atoms with E-state index in [1.165, 1.54) is 0 Å². The fourth-order valence-electron chi connectivity index (χ4n) is 3.10. The van der Waals surface area contributed by atoms with Crippen molar-refractivity contribution in [1.82, 2.24) is 4.72 Å². The molecule has 0 unspecified atom stereocenters. The van der Waals surface area contributed by atoms with Gasteiger partial charge in [0.1, 0.15) is 0 Å². The molecule has 2 aromatic carbocycles. The summed E-state index contributed by atoms with van der Waals surface area (Å²) in [5, 5.41) is 0. The Morgan fingerprint density at radius 1 is 0.810 bits per heavy atom. The van der Waals surface area contributed by atoms with Gasteiger partial charge in [-0.15, -0.1) is 0 Å². The molecule has 0 amide bonds. The molecular formula is C17H19NO2S. The third kappa shape index (κ3) is 2.87. The zero-order valence-corrected chi connectivity index (χ0v) is 12.6. The molecule has 0 heterocycles. The van der Waals surface area contributed by atoms with E-state index in [2.05, 4.69) is 4.72 Å². The van der Waals surface area contributed by atoms with Crippen LogP contribution in [0.15, 0.2) is 65.6 Å². The summed E-state index contributed by atoms with van der Waals surface area (Å²) in [6.07, 6.45) is 3.80. The molecule has 1 aliphatic rings. The van der Waals surface area contributed by atoms with Crippen LogP contribution in [-0.2, 0) is 15.6 Å². The molecule has 110 valence electrons. The molecule has 0 aromatic heterocycles. The number of benzene rings is 2. The first-order valence-corrected chi connectivity index (χ1v) is 8.75. The van der Waals surface area contributed by atoms with Crippen LogP contribution < -0.4 is 4.72 Å². The molecule has 0 spiro atoms. The van der Waals surface area contributed by atoms with Gasteiger partial charge in [0.15, 0.2) is 0 Å². The van der Waals surface area contributed by atoms with Gasteiger partial charge in [-0.1, -0.05) is 61.4 Å². The topological polar surface area (TPSA) is 46.2 Å². The van der Waals surface area contributed by atoms with Crippen LogP contribution in [0, 0.1) is 0 Å². The maximum Gasteiger partial charge on any atom is 0.241 e. The summed E-state index contributed by atoms with van der Waals surface area (Å²) in [6.45, 7) is 0. The van der Waals surface area contributed by atoms with Gasteiger partial charge in [0.2, 0.25) is 10.0 Å². The number of hydrogen-bond acceptors (Lipinski definition) is 2. The second kappa shape index (κ2) is 5.62. The predicted octanol–water partition coefficient (Wildman–Crippen LogP) is 3.43. The standard InChI is InChI=1S/C17H19NO2S/c19-21(20,16-11-5-2-6-12-16)18-17(13-7-8-14-17)15-9-3-1-4-10-15/h1-6,9-12,18H,7-8,13-14H2. The molecule has 4 heteroatoms. The summed E-state index contributed by atoms with van der Waals surface area (Å²) in [6, 6.07) is 18.5. The summed E-state index contributed by atoms with van der Waals surface area (Å²) in [5.74, 6) is 0. The van der Waals surface area contributed by atoms with Gasteiger partial charge in [-0.2, -0.15) is 0 Å². The normalized spacial score (nSPS) is 17.7. The Morgan fingerprint density at radius 3 is 1.90 bits per heavy atom. The fraction of sp³-hybridized carbons (Fsp3) is 0.294. The van der Waals surface area contributed by atoms with E-state index in [1.807, 2.05) is 36.4 Å². The van der Waals surface area contributed by atoms with Crippen molar-refractivity contribution in [2.75, 3.05) is 0 Å². The molecule has 3 rings (SSSR count). The first-order valence-electron chi connectivity index (χ1n) is 7.27. The Morgan fingerprint density at radius 2 is 1.33 bits per heavy atom. The van der Waals surface area contributed by atoms with Gasteiger partial charge in [-0.05, 0) is 30.5 Å². The van der Waals surface area contributed by atoms with Crippen molar-refractivity contribution in [3.05, 3.63) is 66.2 Å². The number of rotatable bonds is 4. The highest BCUT2D eigenvalue weighted by atomic mass is 32.2. The van der Waals surface area contributed by atoms with Gasteiger partial charge in [-0.25, -0.2) is 13.1 Å². The van der Waals surface area contributed by atoms with Crippen LogP contribution in [0.4, 0.5) is 0 Å². The molecule has 0 radical (unpaired) electrons. The average molecular weight is 301 g/mol. The molecule has 21 heavy (non-hydrogen) atoms. The van der Waals surface area contributed by atoms with Crippen molar-refractivity contribution in [3.8, 4) is 0 Å². The Labute approximate surface area is 126 Å². The van der Waals surface area contributed by atoms with Gasteiger partial charge in [-0.3, -0.25) is 0 Å². The number of nitrogens with one attached hydrogen (secondary N) is 1. The summed E-state index contributed by atoms with van der Waals surface area (Å²) >= 11 is 0. The van der Waals surface area contributed by atoms with Gasteiger partial charge in [0, 0.05) is 0 Å². The lowest BCUT2D eigenvalue weighted by molar-refractivity contribution is 0.404. The highest BCUT2D eigenvalue weighted by Crippen LogP contribution is 2.39. The van der Waals surface area contributed by atoms with E-state index < -0.39 is 15.6 Å². The minimum atomic E-state index is -3.50. The van der Waals surface area contributed by atoms with Crippen molar-refractivity contribution in [2.24, 2.45) is 0 Å². The third-order valence-corrected chi connectivity index (χ3v) is 5.72. The van der Waals surface area contributed by atoms with E-state index in [0.717, 1.165) is 31.2 Å². The highest BCUT2D eigenvalue weighted by molar-refractivity contribution is 7.89. The molecule has 0 bridgehead atoms. The second-order valence-corrected chi connectivity index (χ2v) is 7.26. The van der Waals surface area contributed by atoms with E-state index in [1.54, 1.807) is 24.3 Å². The average Bonchev–Trinajstić information content (AvgIpc) is 2.98. The zero-order chi connectivity index (χ0) is 14.8. The molecule has 3 nitrogen and oxygen atoms in total. The summed E-state index contributed by atoms with van der Waals surface area (Å²) in [4.78, 5) is 0.326. The van der Waals surface area contributed by atoms with E-state index in [-0.39, 0.29) is 0 Å². The molecule has 1 aliphatic carbocycles. The van der Waals surface area contributed by atoms with Crippen molar-refractivity contribution >= 4 is 10.0 Å². The first-order chi connectivity index (χ1) is 10.1. The zero-order valence-electron chi connectivity index (χ0n) is 11.8. The van der Waals surface area contributed by atoms with Crippen molar-refractivity contribution < 1.29 is 8.42 Å². The quantitative estimate of drug-likeness (QED) is 0.940. The monoisotopic (exact) mass is 301 g/mol. The van der Waals surface area contributed by atoms with Crippen LogP contribution in [0.5, 0.6) is 0 Å². The molecular weight excluding hydrogens is 282 g/mol. The SMILES string of the molecule is O=S(=O)(NC1(c2ccccc2)CCCC1)c1ccccc1. The maximum absolute atomic E-state index is 12.7. The maximum atomic E-state index is 12.7. The lowest BCUT2D eigenvalue weighted by Crippen LogP contribution is -2.43. The lowest BCUT2D eigenvalue weighted by Gasteiger charge is -2.30. The smallest absolute Gasteiger partial charge is 0.207 e. The van der Waals surface area contributed by atoms with E-state index >= 15 is 0 Å².